The van der Waals surface area contributed by atoms with Gasteiger partial charge in [0.05, 0.1) is 11.6 Å². The maximum Gasteiger partial charge on any atom is 0.0994 e. The van der Waals surface area contributed by atoms with Gasteiger partial charge in [0, 0.05) is 0 Å². The molecule has 0 unspecified atom stereocenters. The fraction of sp³-hybridized carbons (Fsp3) is 0.278. The molecule has 1 nitrogen and oxygen atoms in total. The van der Waals surface area contributed by atoms with Gasteiger partial charge in [-0.2, -0.15) is 5.26 Å². The van der Waals surface area contributed by atoms with Crippen LogP contribution in [0, 0.1) is 45.9 Å². The first-order valence-corrected chi connectivity index (χ1v) is 6.54. The molecule has 2 aromatic carbocycles. The maximum atomic E-state index is 9.10. The summed E-state index contributed by atoms with van der Waals surface area (Å²) in [6, 6.07) is 10.7. The minimum Gasteiger partial charge on any atom is -0.192 e. The van der Waals surface area contributed by atoms with Gasteiger partial charge in [0.25, 0.3) is 0 Å². The Morgan fingerprint density at radius 3 is 1.95 bits per heavy atom. The molecule has 0 saturated heterocycles. The molecule has 0 atom stereocenters. The molecule has 0 aliphatic rings. The lowest BCUT2D eigenvalue weighted by atomic mass is 9.88. The highest BCUT2D eigenvalue weighted by atomic mass is 14.2. The first-order chi connectivity index (χ1) is 8.95. The van der Waals surface area contributed by atoms with Crippen molar-refractivity contribution in [2.45, 2.75) is 34.6 Å². The van der Waals surface area contributed by atoms with E-state index in [2.05, 4.69) is 52.0 Å². The zero-order valence-corrected chi connectivity index (χ0v) is 12.3. The number of benzene rings is 2. The molecule has 0 saturated carbocycles. The SMILES string of the molecule is Cc1cc(C)c(-c2ccc(C#N)c(C)c2C)c(C)c1. The summed E-state index contributed by atoms with van der Waals surface area (Å²) in [6.45, 7) is 10.6. The molecule has 0 fully saturated rings. The Morgan fingerprint density at radius 2 is 1.42 bits per heavy atom. The quantitative estimate of drug-likeness (QED) is 0.714. The summed E-state index contributed by atoms with van der Waals surface area (Å²) in [4.78, 5) is 0. The monoisotopic (exact) mass is 249 g/mol. The van der Waals surface area contributed by atoms with Crippen molar-refractivity contribution in [1.29, 1.82) is 5.26 Å². The van der Waals surface area contributed by atoms with Crippen LogP contribution in [-0.4, -0.2) is 0 Å². The van der Waals surface area contributed by atoms with Gasteiger partial charge >= 0.3 is 0 Å². The largest absolute Gasteiger partial charge is 0.192 e. The summed E-state index contributed by atoms with van der Waals surface area (Å²) < 4.78 is 0. The standard InChI is InChI=1S/C18H19N/c1-11-8-12(2)18(13(3)9-11)17-7-6-16(10-19)14(4)15(17)5/h6-9H,1-5H3. The van der Waals surface area contributed by atoms with Gasteiger partial charge < -0.3 is 0 Å². The summed E-state index contributed by atoms with van der Waals surface area (Å²) in [5.74, 6) is 0. The van der Waals surface area contributed by atoms with Crippen LogP contribution in [-0.2, 0) is 0 Å². The second-order valence-corrected chi connectivity index (χ2v) is 5.30. The average molecular weight is 249 g/mol. The molecule has 0 amide bonds. The van der Waals surface area contributed by atoms with Crippen LogP contribution in [0.2, 0.25) is 0 Å². The van der Waals surface area contributed by atoms with E-state index in [9.17, 15) is 0 Å². The van der Waals surface area contributed by atoms with Crippen molar-refractivity contribution in [3.63, 3.8) is 0 Å². The van der Waals surface area contributed by atoms with Crippen molar-refractivity contribution < 1.29 is 0 Å². The first kappa shape index (κ1) is 13.4. The smallest absolute Gasteiger partial charge is 0.0994 e. The predicted octanol–water partition coefficient (Wildman–Crippen LogP) is 4.77. The van der Waals surface area contributed by atoms with Crippen LogP contribution >= 0.6 is 0 Å². The van der Waals surface area contributed by atoms with Crippen LogP contribution in [0.25, 0.3) is 11.1 Å². The van der Waals surface area contributed by atoms with E-state index in [4.69, 9.17) is 5.26 Å². The summed E-state index contributed by atoms with van der Waals surface area (Å²) in [7, 11) is 0. The van der Waals surface area contributed by atoms with Crippen molar-refractivity contribution in [1.82, 2.24) is 0 Å². The number of nitrogens with zero attached hydrogens (tertiary/aromatic N) is 1. The molecule has 0 aliphatic carbocycles. The van der Waals surface area contributed by atoms with Crippen molar-refractivity contribution in [2.75, 3.05) is 0 Å². The van der Waals surface area contributed by atoms with Crippen LogP contribution in [0.4, 0.5) is 0 Å². The van der Waals surface area contributed by atoms with E-state index in [1.165, 1.54) is 33.4 Å². The lowest BCUT2D eigenvalue weighted by Gasteiger charge is -2.16. The highest BCUT2D eigenvalue weighted by molar-refractivity contribution is 5.76. The van der Waals surface area contributed by atoms with E-state index >= 15 is 0 Å². The fourth-order valence-corrected chi connectivity index (χ4v) is 2.82. The van der Waals surface area contributed by atoms with Crippen LogP contribution in [0.3, 0.4) is 0 Å². The predicted molar refractivity (Wildman–Crippen MR) is 80.3 cm³/mol. The molecule has 0 radical (unpaired) electrons. The molecule has 0 aliphatic heterocycles. The Labute approximate surface area is 115 Å². The summed E-state index contributed by atoms with van der Waals surface area (Å²) in [6.07, 6.45) is 0. The average Bonchev–Trinajstić information content (AvgIpc) is 2.33. The molecule has 0 bridgehead atoms. The zero-order chi connectivity index (χ0) is 14.2. The molecule has 1 heteroatoms. The molecular weight excluding hydrogens is 230 g/mol. The highest BCUT2D eigenvalue weighted by Gasteiger charge is 2.12. The Hall–Kier alpha value is -2.07. The van der Waals surface area contributed by atoms with Gasteiger partial charge in [-0.3, -0.25) is 0 Å². The number of nitriles is 1. The van der Waals surface area contributed by atoms with Crippen molar-refractivity contribution in [3.05, 3.63) is 57.6 Å². The van der Waals surface area contributed by atoms with E-state index < -0.39 is 0 Å². The second kappa shape index (κ2) is 4.90. The van der Waals surface area contributed by atoms with Gasteiger partial charge in [-0.25, -0.2) is 0 Å². The van der Waals surface area contributed by atoms with Gasteiger partial charge in [-0.15, -0.1) is 0 Å². The van der Waals surface area contributed by atoms with E-state index in [0.29, 0.717) is 0 Å². The molecule has 0 N–H and O–H groups in total. The molecule has 19 heavy (non-hydrogen) atoms. The van der Waals surface area contributed by atoms with Crippen LogP contribution in [0.15, 0.2) is 24.3 Å². The molecule has 0 heterocycles. The minimum absolute atomic E-state index is 0.767. The zero-order valence-electron chi connectivity index (χ0n) is 12.3. The Morgan fingerprint density at radius 1 is 0.842 bits per heavy atom. The lowest BCUT2D eigenvalue weighted by molar-refractivity contribution is 1.27. The van der Waals surface area contributed by atoms with Gasteiger partial charge in [-0.1, -0.05) is 23.8 Å². The fourth-order valence-electron chi connectivity index (χ4n) is 2.82. The minimum atomic E-state index is 0.767. The number of rotatable bonds is 1. The Balaban J connectivity index is 2.74. The van der Waals surface area contributed by atoms with Crippen molar-refractivity contribution >= 4 is 0 Å². The van der Waals surface area contributed by atoms with Gasteiger partial charge in [0.1, 0.15) is 0 Å². The number of hydrogen-bond donors (Lipinski definition) is 0. The van der Waals surface area contributed by atoms with Gasteiger partial charge in [0.15, 0.2) is 0 Å². The van der Waals surface area contributed by atoms with E-state index in [1.54, 1.807) is 0 Å². The molecule has 0 aromatic heterocycles. The normalized spacial score (nSPS) is 10.3. The lowest BCUT2D eigenvalue weighted by Crippen LogP contribution is -1.96. The molecule has 96 valence electrons. The van der Waals surface area contributed by atoms with Crippen LogP contribution < -0.4 is 0 Å². The topological polar surface area (TPSA) is 23.8 Å². The van der Waals surface area contributed by atoms with Gasteiger partial charge in [-0.05, 0) is 74.1 Å². The third-order valence-corrected chi connectivity index (χ3v) is 3.85. The third kappa shape index (κ3) is 2.27. The van der Waals surface area contributed by atoms with Gasteiger partial charge in [0.2, 0.25) is 0 Å². The first-order valence-electron chi connectivity index (χ1n) is 6.54. The highest BCUT2D eigenvalue weighted by Crippen LogP contribution is 2.33. The Kier molecular flexibility index (Phi) is 3.44. The molecule has 0 spiro atoms. The summed E-state index contributed by atoms with van der Waals surface area (Å²) in [5, 5.41) is 9.10. The van der Waals surface area contributed by atoms with Crippen molar-refractivity contribution in [3.8, 4) is 17.2 Å². The molecule has 2 aromatic rings. The van der Waals surface area contributed by atoms with Crippen LogP contribution in [0.1, 0.15) is 33.4 Å². The molecular formula is C18H19N. The summed E-state index contributed by atoms with van der Waals surface area (Å²) >= 11 is 0. The number of aryl methyl sites for hydroxylation is 3. The second-order valence-electron chi connectivity index (χ2n) is 5.30. The van der Waals surface area contributed by atoms with Crippen LogP contribution in [0.5, 0.6) is 0 Å². The maximum absolute atomic E-state index is 9.10. The van der Waals surface area contributed by atoms with E-state index in [0.717, 1.165) is 11.1 Å². The third-order valence-electron chi connectivity index (χ3n) is 3.85. The molecule has 2 rings (SSSR count). The van der Waals surface area contributed by atoms with Crippen molar-refractivity contribution in [2.24, 2.45) is 0 Å². The Bertz CT molecular complexity index is 665. The van der Waals surface area contributed by atoms with E-state index in [-0.39, 0.29) is 0 Å². The number of hydrogen-bond acceptors (Lipinski definition) is 1. The van der Waals surface area contributed by atoms with E-state index in [1.807, 2.05) is 13.0 Å². The summed E-state index contributed by atoms with van der Waals surface area (Å²) in [5.41, 5.74) is 9.48.